The lowest BCUT2D eigenvalue weighted by atomic mass is 9.90. The van der Waals surface area contributed by atoms with Gasteiger partial charge in [-0.15, -0.1) is 0 Å². The second kappa shape index (κ2) is 5.35. The predicted molar refractivity (Wildman–Crippen MR) is 67.0 cm³/mol. The van der Waals surface area contributed by atoms with Gasteiger partial charge in [0.25, 0.3) is 0 Å². The van der Waals surface area contributed by atoms with E-state index in [0.29, 0.717) is 0 Å². The van der Waals surface area contributed by atoms with Gasteiger partial charge in [-0.05, 0) is 62.4 Å². The SMILES string of the molecule is COc1cc(C)ccc1CC1CCNCC1. The molecule has 88 valence electrons. The van der Waals surface area contributed by atoms with E-state index in [4.69, 9.17) is 4.74 Å². The fourth-order valence-corrected chi connectivity index (χ4v) is 2.42. The monoisotopic (exact) mass is 219 g/mol. The third kappa shape index (κ3) is 2.76. The highest BCUT2D eigenvalue weighted by molar-refractivity contribution is 5.37. The van der Waals surface area contributed by atoms with Crippen molar-refractivity contribution in [2.24, 2.45) is 5.92 Å². The first-order chi connectivity index (χ1) is 7.79. The van der Waals surface area contributed by atoms with Crippen LogP contribution in [0.5, 0.6) is 5.75 Å². The minimum atomic E-state index is 0.817. The molecule has 0 bridgehead atoms. The minimum absolute atomic E-state index is 0.817. The molecule has 0 spiro atoms. The Bertz CT molecular complexity index is 343. The molecule has 2 heteroatoms. The molecule has 1 heterocycles. The Morgan fingerprint density at radius 1 is 1.31 bits per heavy atom. The Morgan fingerprint density at radius 3 is 2.75 bits per heavy atom. The van der Waals surface area contributed by atoms with Crippen LogP contribution in [0.25, 0.3) is 0 Å². The molecule has 16 heavy (non-hydrogen) atoms. The van der Waals surface area contributed by atoms with Crippen molar-refractivity contribution in [2.45, 2.75) is 26.2 Å². The molecule has 1 aromatic rings. The molecule has 1 aromatic carbocycles. The fraction of sp³-hybridized carbons (Fsp3) is 0.571. The number of hydrogen-bond acceptors (Lipinski definition) is 2. The Hall–Kier alpha value is -1.02. The highest BCUT2D eigenvalue weighted by atomic mass is 16.5. The van der Waals surface area contributed by atoms with Crippen molar-refractivity contribution in [3.63, 3.8) is 0 Å². The van der Waals surface area contributed by atoms with E-state index in [1.807, 2.05) is 0 Å². The smallest absolute Gasteiger partial charge is 0.122 e. The number of benzene rings is 1. The van der Waals surface area contributed by atoms with Crippen LogP contribution in [0.1, 0.15) is 24.0 Å². The Balaban J connectivity index is 2.07. The average Bonchev–Trinajstić information content (AvgIpc) is 2.33. The van der Waals surface area contributed by atoms with Gasteiger partial charge in [0.1, 0.15) is 5.75 Å². The Labute approximate surface area is 98.0 Å². The van der Waals surface area contributed by atoms with Gasteiger partial charge in [0.05, 0.1) is 7.11 Å². The number of methoxy groups -OCH3 is 1. The van der Waals surface area contributed by atoms with Crippen molar-refractivity contribution in [1.29, 1.82) is 0 Å². The molecule has 1 fully saturated rings. The molecule has 0 unspecified atom stereocenters. The summed E-state index contributed by atoms with van der Waals surface area (Å²) < 4.78 is 5.45. The zero-order chi connectivity index (χ0) is 11.4. The normalized spacial score (nSPS) is 17.4. The van der Waals surface area contributed by atoms with Crippen LogP contribution in [0.4, 0.5) is 0 Å². The van der Waals surface area contributed by atoms with E-state index in [-0.39, 0.29) is 0 Å². The van der Waals surface area contributed by atoms with Crippen molar-refractivity contribution < 1.29 is 4.74 Å². The van der Waals surface area contributed by atoms with E-state index in [9.17, 15) is 0 Å². The van der Waals surface area contributed by atoms with Crippen molar-refractivity contribution in [3.05, 3.63) is 29.3 Å². The van der Waals surface area contributed by atoms with E-state index < -0.39 is 0 Å². The molecule has 1 saturated heterocycles. The van der Waals surface area contributed by atoms with Crippen LogP contribution >= 0.6 is 0 Å². The van der Waals surface area contributed by atoms with Gasteiger partial charge in [0, 0.05) is 0 Å². The standard InChI is InChI=1S/C14H21NO/c1-11-3-4-13(14(9-11)16-2)10-12-5-7-15-8-6-12/h3-4,9,12,15H,5-8,10H2,1-2H3. The number of piperidine rings is 1. The van der Waals surface area contributed by atoms with Gasteiger partial charge >= 0.3 is 0 Å². The summed E-state index contributed by atoms with van der Waals surface area (Å²) in [6.45, 7) is 4.44. The molecule has 2 rings (SSSR count). The van der Waals surface area contributed by atoms with Crippen LogP contribution < -0.4 is 10.1 Å². The number of rotatable bonds is 3. The van der Waals surface area contributed by atoms with E-state index in [0.717, 1.165) is 18.1 Å². The number of aryl methyl sites for hydroxylation is 1. The Morgan fingerprint density at radius 2 is 2.06 bits per heavy atom. The summed E-state index contributed by atoms with van der Waals surface area (Å²) in [6.07, 6.45) is 3.74. The van der Waals surface area contributed by atoms with Crippen LogP contribution in [0.3, 0.4) is 0 Å². The summed E-state index contributed by atoms with van der Waals surface area (Å²) >= 11 is 0. The molecule has 1 aliphatic rings. The summed E-state index contributed by atoms with van der Waals surface area (Å²) in [4.78, 5) is 0. The lowest BCUT2D eigenvalue weighted by Gasteiger charge is -2.23. The summed E-state index contributed by atoms with van der Waals surface area (Å²) in [5, 5.41) is 3.41. The lowest BCUT2D eigenvalue weighted by Crippen LogP contribution is -2.28. The lowest BCUT2D eigenvalue weighted by molar-refractivity contribution is 0.361. The largest absolute Gasteiger partial charge is 0.496 e. The predicted octanol–water partition coefficient (Wildman–Crippen LogP) is 2.55. The van der Waals surface area contributed by atoms with Crippen molar-refractivity contribution in [2.75, 3.05) is 20.2 Å². The molecule has 0 amide bonds. The second-order valence-electron chi connectivity index (χ2n) is 4.71. The molecule has 2 nitrogen and oxygen atoms in total. The molecule has 0 aliphatic carbocycles. The maximum absolute atomic E-state index is 5.45. The van der Waals surface area contributed by atoms with Gasteiger partial charge < -0.3 is 10.1 Å². The quantitative estimate of drug-likeness (QED) is 0.843. The zero-order valence-corrected chi connectivity index (χ0v) is 10.3. The molecule has 0 aromatic heterocycles. The fourth-order valence-electron chi connectivity index (χ4n) is 2.42. The van der Waals surface area contributed by atoms with Crippen LogP contribution in [0, 0.1) is 12.8 Å². The van der Waals surface area contributed by atoms with Gasteiger partial charge in [0.2, 0.25) is 0 Å². The summed E-state index contributed by atoms with van der Waals surface area (Å²) in [5.74, 6) is 1.87. The highest BCUT2D eigenvalue weighted by Crippen LogP contribution is 2.26. The molecule has 1 aliphatic heterocycles. The number of ether oxygens (including phenoxy) is 1. The third-order valence-corrected chi connectivity index (χ3v) is 3.41. The Kier molecular flexibility index (Phi) is 3.83. The van der Waals surface area contributed by atoms with Crippen LogP contribution in [0.15, 0.2) is 18.2 Å². The third-order valence-electron chi connectivity index (χ3n) is 3.41. The topological polar surface area (TPSA) is 21.3 Å². The zero-order valence-electron chi connectivity index (χ0n) is 10.3. The first-order valence-electron chi connectivity index (χ1n) is 6.14. The van der Waals surface area contributed by atoms with Crippen molar-refractivity contribution in [3.8, 4) is 5.75 Å². The van der Waals surface area contributed by atoms with Gasteiger partial charge in [0.15, 0.2) is 0 Å². The molecule has 0 radical (unpaired) electrons. The van der Waals surface area contributed by atoms with Crippen molar-refractivity contribution >= 4 is 0 Å². The molecule has 1 N–H and O–H groups in total. The molecule has 0 atom stereocenters. The summed E-state index contributed by atoms with van der Waals surface area (Å²) in [5.41, 5.74) is 2.63. The second-order valence-corrected chi connectivity index (χ2v) is 4.71. The molecular formula is C14H21NO. The van der Waals surface area contributed by atoms with Crippen LogP contribution in [0.2, 0.25) is 0 Å². The van der Waals surface area contributed by atoms with Gasteiger partial charge in [-0.1, -0.05) is 12.1 Å². The first-order valence-corrected chi connectivity index (χ1v) is 6.14. The molecule has 0 saturated carbocycles. The van der Waals surface area contributed by atoms with Crippen molar-refractivity contribution in [1.82, 2.24) is 5.32 Å². The number of hydrogen-bond donors (Lipinski definition) is 1. The first kappa shape index (κ1) is 11.5. The van der Waals surface area contributed by atoms with Crippen LogP contribution in [-0.4, -0.2) is 20.2 Å². The van der Waals surface area contributed by atoms with Crippen LogP contribution in [-0.2, 0) is 6.42 Å². The number of nitrogens with one attached hydrogen (secondary N) is 1. The summed E-state index contributed by atoms with van der Waals surface area (Å²) in [6, 6.07) is 6.53. The van der Waals surface area contributed by atoms with E-state index in [1.54, 1.807) is 7.11 Å². The van der Waals surface area contributed by atoms with E-state index in [2.05, 4.69) is 30.4 Å². The van der Waals surface area contributed by atoms with Gasteiger partial charge in [-0.3, -0.25) is 0 Å². The summed E-state index contributed by atoms with van der Waals surface area (Å²) in [7, 11) is 1.76. The van der Waals surface area contributed by atoms with Gasteiger partial charge in [-0.2, -0.15) is 0 Å². The maximum Gasteiger partial charge on any atom is 0.122 e. The van der Waals surface area contributed by atoms with E-state index in [1.165, 1.54) is 37.1 Å². The highest BCUT2D eigenvalue weighted by Gasteiger charge is 2.15. The van der Waals surface area contributed by atoms with E-state index >= 15 is 0 Å². The molecular weight excluding hydrogens is 198 g/mol. The minimum Gasteiger partial charge on any atom is -0.496 e. The average molecular weight is 219 g/mol. The van der Waals surface area contributed by atoms with Gasteiger partial charge in [-0.25, -0.2) is 0 Å². The maximum atomic E-state index is 5.45.